The van der Waals surface area contributed by atoms with Gasteiger partial charge in [0.2, 0.25) is 0 Å². The van der Waals surface area contributed by atoms with E-state index in [4.69, 9.17) is 0 Å². The zero-order chi connectivity index (χ0) is 36.6. The number of rotatable bonds is 28. The summed E-state index contributed by atoms with van der Waals surface area (Å²) in [6.45, 7) is 4.77. The number of amides is 2. The molecule has 0 aromatic heterocycles. The predicted octanol–water partition coefficient (Wildman–Crippen LogP) is 5.96. The van der Waals surface area contributed by atoms with Gasteiger partial charge in [-0.25, -0.2) is 8.42 Å². The zero-order valence-electron chi connectivity index (χ0n) is 31.4. The molecule has 0 aliphatic rings. The minimum absolute atomic E-state index is 0. The van der Waals surface area contributed by atoms with Gasteiger partial charge in [-0.15, -0.1) is 0 Å². The van der Waals surface area contributed by atoms with E-state index in [0.29, 0.717) is 30.6 Å². The molecule has 0 aliphatic heterocycles. The first-order valence-electron chi connectivity index (χ1n) is 18.8. The molecule has 0 bridgehead atoms. The maximum Gasteiger partial charge on any atom is 1.00 e. The van der Waals surface area contributed by atoms with Crippen LogP contribution in [0.4, 0.5) is 0 Å². The van der Waals surface area contributed by atoms with E-state index in [1.54, 1.807) is 24.3 Å². The summed E-state index contributed by atoms with van der Waals surface area (Å²) in [5.74, 6) is -0.928. The third kappa shape index (κ3) is 20.5. The van der Waals surface area contributed by atoms with Crippen molar-refractivity contribution >= 4 is 33.5 Å². The fourth-order valence-corrected chi connectivity index (χ4v) is 6.45. The fourth-order valence-electron chi connectivity index (χ4n) is 5.90. The molecule has 0 fully saturated rings. The van der Waals surface area contributed by atoms with Gasteiger partial charge < -0.3 is 15.2 Å². The number of hydrogen-bond acceptors (Lipinski definition) is 7. The van der Waals surface area contributed by atoms with E-state index in [2.05, 4.69) is 17.6 Å². The van der Waals surface area contributed by atoms with Crippen LogP contribution in [0.15, 0.2) is 47.4 Å². The average Bonchev–Trinajstić information content (AvgIpc) is 3.10. The monoisotopic (exact) mass is 734 g/mol. The Bertz CT molecular complexity index is 1450. The smallest absolute Gasteiger partial charge is 0.744 e. The van der Waals surface area contributed by atoms with Gasteiger partial charge >= 0.3 is 29.6 Å². The van der Waals surface area contributed by atoms with Crippen LogP contribution in [0.2, 0.25) is 0 Å². The molecular formula is C40H59N2NaO7S. The molecule has 0 saturated heterocycles. The SMILES string of the molecule is CCCCCCCCCCCCNC(=O)c1cc(C(=O)CCCCCCCCCCCNC(=O)c2ccc(C(C)=O)cc2)cc(S(=O)(=O)[O-])c1.[Na+]. The molecule has 11 heteroatoms. The van der Waals surface area contributed by atoms with Gasteiger partial charge in [-0.1, -0.05) is 122 Å². The molecule has 0 unspecified atom stereocenters. The molecule has 2 aromatic carbocycles. The van der Waals surface area contributed by atoms with Gasteiger partial charge in [0.15, 0.2) is 11.6 Å². The van der Waals surface area contributed by atoms with Crippen molar-refractivity contribution in [3.05, 3.63) is 64.7 Å². The van der Waals surface area contributed by atoms with Crippen molar-refractivity contribution in [3.63, 3.8) is 0 Å². The van der Waals surface area contributed by atoms with Gasteiger partial charge in [0.1, 0.15) is 10.1 Å². The van der Waals surface area contributed by atoms with Crippen molar-refractivity contribution in [1.29, 1.82) is 0 Å². The van der Waals surface area contributed by atoms with Crippen LogP contribution in [-0.2, 0) is 10.1 Å². The minimum Gasteiger partial charge on any atom is -0.744 e. The van der Waals surface area contributed by atoms with Crippen LogP contribution < -0.4 is 40.2 Å². The molecule has 0 spiro atoms. The Balaban J connectivity index is 0.0000130. The number of benzene rings is 2. The van der Waals surface area contributed by atoms with E-state index in [1.807, 2.05) is 0 Å². The van der Waals surface area contributed by atoms with Crippen molar-refractivity contribution in [1.82, 2.24) is 10.6 Å². The summed E-state index contributed by atoms with van der Waals surface area (Å²) in [6, 6.07) is 10.2. The van der Waals surface area contributed by atoms with Crippen LogP contribution in [0.3, 0.4) is 0 Å². The number of nitrogens with one attached hydrogen (secondary N) is 2. The summed E-state index contributed by atoms with van der Waals surface area (Å²) in [4.78, 5) is 48.7. The van der Waals surface area contributed by atoms with Crippen molar-refractivity contribution in [2.45, 2.75) is 147 Å². The molecule has 0 heterocycles. The van der Waals surface area contributed by atoms with Gasteiger partial charge in [-0.3, -0.25) is 19.2 Å². The van der Waals surface area contributed by atoms with Gasteiger partial charge in [0.25, 0.3) is 11.8 Å². The maximum absolute atomic E-state index is 12.9. The maximum atomic E-state index is 12.9. The van der Waals surface area contributed by atoms with Crippen LogP contribution in [0.25, 0.3) is 0 Å². The largest absolute Gasteiger partial charge is 1.00 e. The quantitative estimate of drug-likeness (QED) is 0.0474. The topological polar surface area (TPSA) is 150 Å². The molecule has 0 atom stereocenters. The number of carbonyl (C=O) groups is 4. The molecule has 51 heavy (non-hydrogen) atoms. The van der Waals surface area contributed by atoms with E-state index in [1.165, 1.54) is 57.9 Å². The normalized spacial score (nSPS) is 11.1. The standard InChI is InChI=1S/C40H60N2O7S.Na/c1-3-4-5-6-7-8-11-14-18-21-28-42-40(46)36-29-35(30-37(31-36)50(47,48)49)38(44)22-19-16-13-10-9-12-15-17-20-27-41-39(45)34-25-23-33(24-26-34)32(2)43;/h23-26,29-31H,3-22,27-28H2,1-2H3,(H,41,45)(H,42,46)(H,47,48,49);/q;+1/p-1. The third-order valence-electron chi connectivity index (χ3n) is 9.02. The Morgan fingerprint density at radius 3 is 1.39 bits per heavy atom. The number of carbonyl (C=O) groups excluding carboxylic acids is 4. The molecule has 9 nitrogen and oxygen atoms in total. The molecule has 2 aromatic rings. The van der Waals surface area contributed by atoms with Crippen molar-refractivity contribution < 1.29 is 61.7 Å². The Hall–Kier alpha value is -2.37. The average molecular weight is 735 g/mol. The summed E-state index contributed by atoms with van der Waals surface area (Å²) < 4.78 is 35.4. The van der Waals surface area contributed by atoms with Crippen molar-refractivity contribution in [3.8, 4) is 0 Å². The molecule has 0 aliphatic carbocycles. The number of Topliss-reactive ketones (excluding diaryl/α,β-unsaturated/α-hetero) is 2. The molecular weight excluding hydrogens is 676 g/mol. The third-order valence-corrected chi connectivity index (χ3v) is 9.83. The summed E-state index contributed by atoms with van der Waals surface area (Å²) in [5.41, 5.74) is 1.22. The van der Waals surface area contributed by atoms with Crippen molar-refractivity contribution in [2.75, 3.05) is 13.1 Å². The van der Waals surface area contributed by atoms with Crippen molar-refractivity contribution in [2.24, 2.45) is 0 Å². The van der Waals surface area contributed by atoms with Gasteiger partial charge in [0.05, 0.1) is 4.90 Å². The summed E-state index contributed by atoms with van der Waals surface area (Å²) in [5, 5.41) is 5.72. The minimum atomic E-state index is -4.84. The first-order chi connectivity index (χ1) is 24.0. The van der Waals surface area contributed by atoms with E-state index in [9.17, 15) is 32.1 Å². The van der Waals surface area contributed by atoms with Crippen LogP contribution in [0.1, 0.15) is 184 Å². The number of hydrogen-bond donors (Lipinski definition) is 2. The molecule has 2 rings (SSSR count). The summed E-state index contributed by atoms with van der Waals surface area (Å²) >= 11 is 0. The summed E-state index contributed by atoms with van der Waals surface area (Å²) in [7, 11) is -4.84. The molecule has 0 radical (unpaired) electrons. The zero-order valence-corrected chi connectivity index (χ0v) is 34.2. The van der Waals surface area contributed by atoms with Crippen LogP contribution in [0, 0.1) is 0 Å². The second-order valence-electron chi connectivity index (χ2n) is 13.4. The summed E-state index contributed by atoms with van der Waals surface area (Å²) in [6.07, 6.45) is 20.7. The van der Waals surface area contributed by atoms with E-state index in [-0.39, 0.29) is 64.6 Å². The predicted molar refractivity (Wildman–Crippen MR) is 198 cm³/mol. The van der Waals surface area contributed by atoms with E-state index < -0.39 is 20.9 Å². The Labute approximate surface area is 328 Å². The van der Waals surface area contributed by atoms with Crippen LogP contribution in [-0.4, -0.2) is 49.4 Å². The van der Waals surface area contributed by atoms with Gasteiger partial charge in [0, 0.05) is 41.8 Å². The molecule has 2 amide bonds. The van der Waals surface area contributed by atoms with Gasteiger partial charge in [-0.2, -0.15) is 0 Å². The number of ketones is 2. The van der Waals surface area contributed by atoms with Crippen LogP contribution >= 0.6 is 0 Å². The fraction of sp³-hybridized carbons (Fsp3) is 0.600. The Morgan fingerprint density at radius 2 is 0.941 bits per heavy atom. The second kappa shape index (κ2) is 27.3. The second-order valence-corrected chi connectivity index (χ2v) is 14.8. The Kier molecular flexibility index (Phi) is 24.9. The first-order valence-corrected chi connectivity index (χ1v) is 20.3. The Morgan fingerprint density at radius 1 is 0.549 bits per heavy atom. The van der Waals surface area contributed by atoms with E-state index in [0.717, 1.165) is 82.8 Å². The van der Waals surface area contributed by atoms with Gasteiger partial charge in [-0.05, 0) is 56.5 Å². The molecule has 2 N–H and O–H groups in total. The molecule has 0 saturated carbocycles. The van der Waals surface area contributed by atoms with Crippen LogP contribution in [0.5, 0.6) is 0 Å². The van der Waals surface area contributed by atoms with E-state index >= 15 is 0 Å². The first kappa shape index (κ1) is 46.7. The molecule has 278 valence electrons. The number of unbranched alkanes of at least 4 members (excludes halogenated alkanes) is 17.